The zero-order chi connectivity index (χ0) is 20.8. The molecular weight excluding hydrogens is 391 g/mol. The van der Waals surface area contributed by atoms with Crippen LogP contribution in [0.15, 0.2) is 58.5 Å². The van der Waals surface area contributed by atoms with E-state index in [0.29, 0.717) is 18.0 Å². The first kappa shape index (κ1) is 20.7. The van der Waals surface area contributed by atoms with Gasteiger partial charge in [0, 0.05) is 6.42 Å². The van der Waals surface area contributed by atoms with Gasteiger partial charge in [-0.1, -0.05) is 62.0 Å². The maximum Gasteiger partial charge on any atom is 0.273 e. The highest BCUT2D eigenvalue weighted by molar-refractivity contribution is 7.99. The van der Waals surface area contributed by atoms with E-state index in [9.17, 15) is 14.0 Å². The molecule has 2 N–H and O–H groups in total. The Bertz CT molecular complexity index is 1050. The average Bonchev–Trinajstić information content (AvgIpc) is 2.70. The number of hydrogen-bond acceptors (Lipinski definition) is 5. The van der Waals surface area contributed by atoms with Gasteiger partial charge in [0.1, 0.15) is 11.5 Å². The zero-order valence-electron chi connectivity index (χ0n) is 16.1. The Balaban J connectivity index is 1.58. The molecule has 0 saturated carbocycles. The van der Waals surface area contributed by atoms with Crippen molar-refractivity contribution in [2.45, 2.75) is 31.3 Å². The minimum absolute atomic E-state index is 0.0328. The summed E-state index contributed by atoms with van der Waals surface area (Å²) < 4.78 is 13.6. The molecule has 3 aromatic rings. The molecule has 150 valence electrons. The topological polar surface area (TPSA) is 87.7 Å². The van der Waals surface area contributed by atoms with Crippen molar-refractivity contribution in [3.63, 3.8) is 0 Å². The summed E-state index contributed by atoms with van der Waals surface area (Å²) >= 11 is 1.02. The van der Waals surface area contributed by atoms with Gasteiger partial charge in [0.05, 0.1) is 11.4 Å². The summed E-state index contributed by atoms with van der Waals surface area (Å²) in [5.41, 5.74) is 2.27. The van der Waals surface area contributed by atoms with E-state index in [-0.39, 0.29) is 22.2 Å². The number of carbonyl (C=O) groups excluding carboxylic acids is 1. The summed E-state index contributed by atoms with van der Waals surface area (Å²) in [6.07, 6.45) is 0.374. The van der Waals surface area contributed by atoms with Crippen molar-refractivity contribution in [1.29, 1.82) is 0 Å². The van der Waals surface area contributed by atoms with Crippen molar-refractivity contribution in [3.8, 4) is 0 Å². The number of aromatic nitrogens is 3. The first-order chi connectivity index (χ1) is 13.9. The molecule has 1 amide bonds. The molecule has 0 radical (unpaired) electrons. The molecule has 0 aliphatic carbocycles. The summed E-state index contributed by atoms with van der Waals surface area (Å²) in [6.45, 7) is 4.25. The van der Waals surface area contributed by atoms with Crippen LogP contribution in [0.2, 0.25) is 0 Å². The van der Waals surface area contributed by atoms with Gasteiger partial charge in [-0.2, -0.15) is 0 Å². The van der Waals surface area contributed by atoms with Gasteiger partial charge in [0.25, 0.3) is 5.56 Å². The SMILES string of the molecule is CC(C)c1ccc(Cc2nnc(SCC(=O)Nc3ccccc3F)[nH]c2=O)cc1. The molecule has 6 nitrogen and oxygen atoms in total. The fraction of sp³-hybridized carbons (Fsp3) is 0.238. The Hall–Kier alpha value is -3.00. The van der Waals surface area contributed by atoms with Crippen molar-refractivity contribution in [1.82, 2.24) is 15.2 Å². The van der Waals surface area contributed by atoms with Crippen LogP contribution in [0.4, 0.5) is 10.1 Å². The smallest absolute Gasteiger partial charge is 0.273 e. The lowest BCUT2D eigenvalue weighted by molar-refractivity contribution is -0.113. The van der Waals surface area contributed by atoms with E-state index >= 15 is 0 Å². The van der Waals surface area contributed by atoms with Crippen molar-refractivity contribution in [3.05, 3.63) is 81.5 Å². The van der Waals surface area contributed by atoms with E-state index in [2.05, 4.69) is 34.3 Å². The second kappa shape index (κ2) is 9.47. The number of benzene rings is 2. The molecule has 0 unspecified atom stereocenters. The van der Waals surface area contributed by atoms with Gasteiger partial charge in [-0.15, -0.1) is 10.2 Å². The van der Waals surface area contributed by atoms with Crippen LogP contribution in [0.3, 0.4) is 0 Å². The lowest BCUT2D eigenvalue weighted by Crippen LogP contribution is -2.19. The quantitative estimate of drug-likeness (QED) is 0.577. The van der Waals surface area contributed by atoms with Crippen LogP contribution < -0.4 is 10.9 Å². The number of halogens is 1. The third-order valence-electron chi connectivity index (χ3n) is 4.25. The minimum atomic E-state index is -0.509. The molecule has 0 spiro atoms. The summed E-state index contributed by atoms with van der Waals surface area (Å²) in [6, 6.07) is 13.9. The Morgan fingerprint density at radius 3 is 2.52 bits per heavy atom. The molecule has 8 heteroatoms. The largest absolute Gasteiger partial charge is 0.323 e. The van der Waals surface area contributed by atoms with Crippen LogP contribution >= 0.6 is 11.8 Å². The van der Waals surface area contributed by atoms with Crippen molar-refractivity contribution in [2.75, 3.05) is 11.1 Å². The Kier molecular flexibility index (Phi) is 6.77. The predicted molar refractivity (Wildman–Crippen MR) is 112 cm³/mol. The summed E-state index contributed by atoms with van der Waals surface area (Å²) in [5, 5.41) is 10.7. The number of carbonyl (C=O) groups is 1. The van der Waals surface area contributed by atoms with Gasteiger partial charge in [-0.05, 0) is 29.2 Å². The molecule has 0 saturated heterocycles. The van der Waals surface area contributed by atoms with Gasteiger partial charge in [0.2, 0.25) is 5.91 Å². The van der Waals surface area contributed by atoms with E-state index in [1.54, 1.807) is 12.1 Å². The molecular formula is C21H21FN4O2S. The molecule has 0 fully saturated rings. The van der Waals surface area contributed by atoms with Crippen molar-refractivity contribution < 1.29 is 9.18 Å². The lowest BCUT2D eigenvalue weighted by Gasteiger charge is -2.07. The van der Waals surface area contributed by atoms with Crippen LogP contribution in [-0.4, -0.2) is 26.8 Å². The molecule has 2 aromatic carbocycles. The number of nitrogens with zero attached hydrogens (tertiary/aromatic N) is 2. The monoisotopic (exact) mass is 412 g/mol. The van der Waals surface area contributed by atoms with Gasteiger partial charge >= 0.3 is 0 Å². The Morgan fingerprint density at radius 2 is 1.86 bits per heavy atom. The molecule has 1 heterocycles. The van der Waals surface area contributed by atoms with Crippen LogP contribution in [-0.2, 0) is 11.2 Å². The molecule has 0 atom stereocenters. The van der Waals surface area contributed by atoms with Gasteiger partial charge in [-0.3, -0.25) is 14.6 Å². The normalized spacial score (nSPS) is 10.9. The summed E-state index contributed by atoms with van der Waals surface area (Å²) in [5.74, 6) is -0.504. The van der Waals surface area contributed by atoms with Gasteiger partial charge in [0.15, 0.2) is 5.16 Å². The highest BCUT2D eigenvalue weighted by Crippen LogP contribution is 2.17. The number of rotatable bonds is 7. The number of nitrogens with one attached hydrogen (secondary N) is 2. The fourth-order valence-corrected chi connectivity index (χ4v) is 3.23. The fourth-order valence-electron chi connectivity index (χ4n) is 2.62. The number of aromatic amines is 1. The standard InChI is InChI=1S/C21H21FN4O2S/c1-13(2)15-9-7-14(8-10-15)11-18-20(28)24-21(26-25-18)29-12-19(27)23-17-6-4-3-5-16(17)22/h3-10,13H,11-12H2,1-2H3,(H,23,27)(H,24,26,28). The zero-order valence-corrected chi connectivity index (χ0v) is 16.9. The third kappa shape index (κ3) is 5.74. The highest BCUT2D eigenvalue weighted by atomic mass is 32.2. The predicted octanol–water partition coefficient (Wildman–Crippen LogP) is 3.75. The molecule has 0 bridgehead atoms. The summed E-state index contributed by atoms with van der Waals surface area (Å²) in [4.78, 5) is 26.9. The Labute approximate surface area is 172 Å². The number of H-pyrrole nitrogens is 1. The van der Waals surface area contributed by atoms with Crippen LogP contribution in [0, 0.1) is 5.82 Å². The first-order valence-electron chi connectivity index (χ1n) is 9.14. The maximum absolute atomic E-state index is 13.6. The van der Waals surface area contributed by atoms with E-state index in [1.807, 2.05) is 24.3 Å². The highest BCUT2D eigenvalue weighted by Gasteiger charge is 2.11. The summed E-state index contributed by atoms with van der Waals surface area (Å²) in [7, 11) is 0. The lowest BCUT2D eigenvalue weighted by atomic mass is 10.0. The second-order valence-corrected chi connectivity index (χ2v) is 7.76. The molecule has 0 aliphatic rings. The van der Waals surface area contributed by atoms with Crippen LogP contribution in [0.1, 0.15) is 36.6 Å². The van der Waals surface area contributed by atoms with Gasteiger partial charge < -0.3 is 5.32 Å². The van der Waals surface area contributed by atoms with Gasteiger partial charge in [-0.25, -0.2) is 4.39 Å². The Morgan fingerprint density at radius 1 is 1.14 bits per heavy atom. The van der Waals surface area contributed by atoms with E-state index in [1.165, 1.54) is 17.7 Å². The van der Waals surface area contributed by atoms with Crippen molar-refractivity contribution >= 4 is 23.4 Å². The van der Waals surface area contributed by atoms with Crippen molar-refractivity contribution in [2.24, 2.45) is 0 Å². The first-order valence-corrected chi connectivity index (χ1v) is 10.1. The van der Waals surface area contributed by atoms with E-state index < -0.39 is 11.7 Å². The van der Waals surface area contributed by atoms with Crippen LogP contribution in [0.25, 0.3) is 0 Å². The molecule has 0 aliphatic heterocycles. The van der Waals surface area contributed by atoms with Crippen LogP contribution in [0.5, 0.6) is 0 Å². The average molecular weight is 412 g/mol. The molecule has 1 aromatic heterocycles. The minimum Gasteiger partial charge on any atom is -0.323 e. The molecule has 3 rings (SSSR count). The van der Waals surface area contributed by atoms with E-state index in [0.717, 1.165) is 17.3 Å². The number of para-hydroxylation sites is 1. The third-order valence-corrected chi connectivity index (χ3v) is 5.11. The number of hydrogen-bond donors (Lipinski definition) is 2. The number of anilines is 1. The number of amides is 1. The maximum atomic E-state index is 13.6. The van der Waals surface area contributed by atoms with E-state index in [4.69, 9.17) is 0 Å². The second-order valence-electron chi connectivity index (χ2n) is 6.80. The number of thioether (sulfide) groups is 1. The molecule has 29 heavy (non-hydrogen) atoms.